The molecule has 2 aromatic rings. The highest BCUT2D eigenvalue weighted by molar-refractivity contribution is 6.06. The van der Waals surface area contributed by atoms with Gasteiger partial charge in [0.15, 0.2) is 0 Å². The smallest absolute Gasteiger partial charge is 0.315 e. The summed E-state index contributed by atoms with van der Waals surface area (Å²) < 4.78 is 5.78. The molecule has 2 aliphatic carbocycles. The van der Waals surface area contributed by atoms with Gasteiger partial charge < -0.3 is 19.7 Å². The number of carbonyl (C=O) groups is 3. The lowest BCUT2D eigenvalue weighted by atomic mass is 9.52. The molecule has 33 heavy (non-hydrogen) atoms. The Hall–Kier alpha value is -3.43. The van der Waals surface area contributed by atoms with Crippen LogP contribution in [0, 0.1) is 5.41 Å². The lowest BCUT2D eigenvalue weighted by molar-refractivity contribution is -0.136. The van der Waals surface area contributed by atoms with Crippen molar-refractivity contribution in [1.29, 1.82) is 0 Å². The molecule has 3 N–H and O–H groups in total. The first kappa shape index (κ1) is 20.2. The van der Waals surface area contributed by atoms with Crippen LogP contribution >= 0.6 is 0 Å². The van der Waals surface area contributed by atoms with Crippen LogP contribution in [0.25, 0.3) is 0 Å². The highest BCUT2D eigenvalue weighted by Gasteiger charge is 2.50. The zero-order valence-electron chi connectivity index (χ0n) is 18.1. The van der Waals surface area contributed by atoms with Crippen molar-refractivity contribution in [3.63, 3.8) is 0 Å². The maximum atomic E-state index is 13.0. The highest BCUT2D eigenvalue weighted by Crippen LogP contribution is 2.61. The fourth-order valence-electron chi connectivity index (χ4n) is 5.71. The van der Waals surface area contributed by atoms with Gasteiger partial charge in [0.25, 0.3) is 5.91 Å². The molecule has 0 bridgehead atoms. The number of carbonyl (C=O) groups excluding carboxylic acids is 3. The number of phenolic OH excluding ortho intramolecular Hbond substituents is 1. The summed E-state index contributed by atoms with van der Waals surface area (Å²) in [5.74, 6) is -0.350. The zero-order chi connectivity index (χ0) is 22.7. The van der Waals surface area contributed by atoms with E-state index in [1.807, 2.05) is 0 Å². The SMILES string of the molecule is O=C1CCC(N2Cc3ccc(CNc4nnc(C5CC6(CCC6)C5)o4)c(O)c3C2=O)C(=O)N1. The van der Waals surface area contributed by atoms with Gasteiger partial charge in [-0.25, -0.2) is 0 Å². The van der Waals surface area contributed by atoms with Crippen molar-refractivity contribution < 1.29 is 23.9 Å². The second-order valence-electron chi connectivity index (χ2n) is 9.77. The maximum Gasteiger partial charge on any atom is 0.315 e. The third kappa shape index (κ3) is 3.27. The van der Waals surface area contributed by atoms with Crippen molar-refractivity contribution >= 4 is 23.7 Å². The Labute approximate surface area is 189 Å². The fraction of sp³-hybridized carbons (Fsp3) is 0.522. The van der Waals surface area contributed by atoms with Gasteiger partial charge in [0, 0.05) is 31.0 Å². The van der Waals surface area contributed by atoms with Crippen molar-refractivity contribution in [3.8, 4) is 5.75 Å². The lowest BCUT2D eigenvalue weighted by Crippen LogP contribution is -2.52. The van der Waals surface area contributed by atoms with E-state index in [4.69, 9.17) is 4.42 Å². The average Bonchev–Trinajstić information content (AvgIpc) is 3.31. The number of hydrogen-bond acceptors (Lipinski definition) is 8. The first-order valence-electron chi connectivity index (χ1n) is 11.5. The van der Waals surface area contributed by atoms with E-state index in [0.29, 0.717) is 28.4 Å². The van der Waals surface area contributed by atoms with Crippen LogP contribution in [-0.4, -0.2) is 44.0 Å². The minimum atomic E-state index is -0.717. The molecule has 3 heterocycles. The molecule has 4 aliphatic rings. The quantitative estimate of drug-likeness (QED) is 0.588. The number of rotatable bonds is 5. The number of phenols is 1. The molecule has 3 fully saturated rings. The van der Waals surface area contributed by atoms with E-state index in [0.717, 1.165) is 12.8 Å². The van der Waals surface area contributed by atoms with E-state index in [1.165, 1.54) is 24.2 Å². The van der Waals surface area contributed by atoms with Gasteiger partial charge in [-0.1, -0.05) is 23.7 Å². The van der Waals surface area contributed by atoms with E-state index in [1.54, 1.807) is 12.1 Å². The second-order valence-corrected chi connectivity index (χ2v) is 9.77. The average molecular weight is 451 g/mol. The summed E-state index contributed by atoms with van der Waals surface area (Å²) in [5, 5.41) is 24.4. The predicted molar refractivity (Wildman–Crippen MR) is 114 cm³/mol. The minimum absolute atomic E-state index is 0.120. The number of nitrogens with zero attached hydrogens (tertiary/aromatic N) is 3. The summed E-state index contributed by atoms with van der Waals surface area (Å²) in [6, 6.07) is 3.09. The Balaban J connectivity index is 1.12. The third-order valence-corrected chi connectivity index (χ3v) is 7.74. The highest BCUT2D eigenvalue weighted by atomic mass is 16.4. The molecule has 0 radical (unpaired) electrons. The van der Waals surface area contributed by atoms with Crippen molar-refractivity contribution in [1.82, 2.24) is 20.4 Å². The molecule has 172 valence electrons. The molecule has 1 atom stereocenters. The molecule has 1 aromatic carbocycles. The van der Waals surface area contributed by atoms with E-state index in [2.05, 4.69) is 20.8 Å². The van der Waals surface area contributed by atoms with Crippen molar-refractivity contribution in [2.45, 2.75) is 70.0 Å². The number of anilines is 1. The molecule has 6 rings (SSSR count). The summed E-state index contributed by atoms with van der Waals surface area (Å²) >= 11 is 0. The van der Waals surface area contributed by atoms with Crippen LogP contribution in [0.1, 0.15) is 78.2 Å². The Morgan fingerprint density at radius 3 is 2.76 bits per heavy atom. The largest absolute Gasteiger partial charge is 0.507 e. The van der Waals surface area contributed by atoms with Gasteiger partial charge in [0.05, 0.1) is 5.56 Å². The van der Waals surface area contributed by atoms with E-state index >= 15 is 0 Å². The van der Waals surface area contributed by atoms with Crippen LogP contribution in [0.5, 0.6) is 5.75 Å². The summed E-state index contributed by atoms with van der Waals surface area (Å²) in [6.45, 7) is 0.429. The van der Waals surface area contributed by atoms with Crippen molar-refractivity contribution in [2.24, 2.45) is 5.41 Å². The minimum Gasteiger partial charge on any atom is -0.507 e. The van der Waals surface area contributed by atoms with Crippen molar-refractivity contribution in [3.05, 3.63) is 34.7 Å². The number of amides is 3. The molecule has 10 heteroatoms. The summed E-state index contributed by atoms with van der Waals surface area (Å²) in [5.41, 5.74) is 1.90. The predicted octanol–water partition coefficient (Wildman–Crippen LogP) is 2.20. The molecule has 2 saturated carbocycles. The van der Waals surface area contributed by atoms with Gasteiger partial charge in [-0.15, -0.1) is 5.10 Å². The Morgan fingerprint density at radius 1 is 1.21 bits per heavy atom. The standard InChI is InChI=1S/C23H25N5O5/c29-16-5-4-15(19(31)25-16)28-11-13-3-2-12(18(30)17(13)21(28)32)10-24-22-27-26-20(33-22)14-8-23(9-14)6-1-7-23/h2-3,14-15,30H,1,4-11H2,(H,24,27)(H,25,29,31). The number of benzene rings is 1. The maximum absolute atomic E-state index is 13.0. The molecule has 1 aromatic heterocycles. The first-order valence-corrected chi connectivity index (χ1v) is 11.5. The summed E-state index contributed by atoms with van der Waals surface area (Å²) in [6.07, 6.45) is 6.63. The molecule has 1 unspecified atom stereocenters. The van der Waals surface area contributed by atoms with Crippen molar-refractivity contribution in [2.75, 3.05) is 5.32 Å². The van der Waals surface area contributed by atoms with Gasteiger partial charge >= 0.3 is 6.01 Å². The fourth-order valence-corrected chi connectivity index (χ4v) is 5.71. The van der Waals surface area contributed by atoms with Gasteiger partial charge in [-0.2, -0.15) is 0 Å². The molecular weight excluding hydrogens is 426 g/mol. The number of hydrogen-bond donors (Lipinski definition) is 3. The number of nitrogens with one attached hydrogen (secondary N) is 2. The summed E-state index contributed by atoms with van der Waals surface area (Å²) in [7, 11) is 0. The molecule has 1 spiro atoms. The number of aromatic hydroxyl groups is 1. The van der Waals surface area contributed by atoms with Gasteiger partial charge in [-0.3, -0.25) is 19.7 Å². The number of fused-ring (bicyclic) bond motifs is 1. The molecule has 1 saturated heterocycles. The normalized spacial score (nSPS) is 23.8. The number of imide groups is 1. The van der Waals surface area contributed by atoms with Crippen LogP contribution < -0.4 is 10.6 Å². The van der Waals surface area contributed by atoms with Crippen LogP contribution in [-0.2, 0) is 22.7 Å². The Kier molecular flexibility index (Phi) is 4.46. The number of aromatic nitrogens is 2. The van der Waals surface area contributed by atoms with Gasteiger partial charge in [-0.05, 0) is 43.1 Å². The molecule has 2 aliphatic heterocycles. The van der Waals surface area contributed by atoms with E-state index in [9.17, 15) is 19.5 Å². The van der Waals surface area contributed by atoms with E-state index in [-0.39, 0.29) is 49.2 Å². The topological polar surface area (TPSA) is 138 Å². The van der Waals surface area contributed by atoms with Crippen LogP contribution in [0.4, 0.5) is 6.01 Å². The Bertz CT molecular complexity index is 1160. The van der Waals surface area contributed by atoms with Crippen LogP contribution in [0.15, 0.2) is 16.5 Å². The zero-order valence-corrected chi connectivity index (χ0v) is 18.1. The first-order chi connectivity index (χ1) is 15.9. The Morgan fingerprint density at radius 2 is 2.03 bits per heavy atom. The molecular formula is C23H25N5O5. The third-order valence-electron chi connectivity index (χ3n) is 7.74. The van der Waals surface area contributed by atoms with Crippen LogP contribution in [0.3, 0.4) is 0 Å². The molecule has 3 amide bonds. The van der Waals surface area contributed by atoms with Gasteiger partial charge in [0.1, 0.15) is 11.8 Å². The van der Waals surface area contributed by atoms with E-state index < -0.39 is 17.9 Å². The lowest BCUT2D eigenvalue weighted by Gasteiger charge is -2.53. The molecule has 10 nitrogen and oxygen atoms in total. The second kappa shape index (κ2) is 7.29. The van der Waals surface area contributed by atoms with Gasteiger partial charge in [0.2, 0.25) is 17.7 Å². The van der Waals surface area contributed by atoms with Crippen LogP contribution in [0.2, 0.25) is 0 Å². The number of piperidine rings is 1. The summed E-state index contributed by atoms with van der Waals surface area (Å²) in [4.78, 5) is 38.1. The monoisotopic (exact) mass is 451 g/mol.